The van der Waals surface area contributed by atoms with Gasteiger partial charge in [-0.3, -0.25) is 0 Å². The lowest BCUT2D eigenvalue weighted by Crippen LogP contribution is -2.31. The molecule has 2 atom stereocenters. The summed E-state index contributed by atoms with van der Waals surface area (Å²) in [6.07, 6.45) is 0.0783. The molecule has 1 aromatic carbocycles. The largest absolute Gasteiger partial charge is 0.497 e. The molecule has 0 saturated carbocycles. The monoisotopic (exact) mass is 193 g/mol. The maximum atomic E-state index is 6.03. The highest BCUT2D eigenvalue weighted by Gasteiger charge is 2.24. The predicted molar refractivity (Wildman–Crippen MR) is 54.2 cm³/mol. The van der Waals surface area contributed by atoms with Crippen molar-refractivity contribution in [1.82, 2.24) is 0 Å². The molecule has 0 radical (unpaired) electrons. The van der Waals surface area contributed by atoms with E-state index in [-0.39, 0.29) is 12.1 Å². The van der Waals surface area contributed by atoms with Crippen molar-refractivity contribution in [2.24, 2.45) is 5.73 Å². The predicted octanol–water partition coefficient (Wildman–Crippen LogP) is 1.61. The number of hydrogen-bond acceptors (Lipinski definition) is 3. The van der Waals surface area contributed by atoms with Crippen LogP contribution in [0.3, 0.4) is 0 Å². The summed E-state index contributed by atoms with van der Waals surface area (Å²) >= 11 is 0. The molecule has 3 heteroatoms. The van der Waals surface area contributed by atoms with E-state index in [1.54, 1.807) is 7.11 Å². The van der Waals surface area contributed by atoms with Crippen LogP contribution in [0.15, 0.2) is 18.2 Å². The summed E-state index contributed by atoms with van der Waals surface area (Å²) in [5.74, 6) is 0.855. The van der Waals surface area contributed by atoms with E-state index < -0.39 is 0 Å². The fourth-order valence-electron chi connectivity index (χ4n) is 1.72. The Morgan fingerprint density at radius 2 is 2.29 bits per heavy atom. The van der Waals surface area contributed by atoms with Crippen molar-refractivity contribution in [1.29, 1.82) is 0 Å². The van der Waals surface area contributed by atoms with Crippen LogP contribution >= 0.6 is 0 Å². The van der Waals surface area contributed by atoms with Gasteiger partial charge in [0, 0.05) is 0 Å². The zero-order valence-electron chi connectivity index (χ0n) is 8.49. The van der Waals surface area contributed by atoms with Crippen LogP contribution in [0.2, 0.25) is 0 Å². The van der Waals surface area contributed by atoms with Gasteiger partial charge in [-0.15, -0.1) is 0 Å². The van der Waals surface area contributed by atoms with Gasteiger partial charge in [-0.2, -0.15) is 0 Å². The van der Waals surface area contributed by atoms with Gasteiger partial charge in [0.1, 0.15) is 5.75 Å². The molecule has 0 aliphatic carbocycles. The molecule has 0 spiro atoms. The number of nitrogens with two attached hydrogens (primary N) is 1. The van der Waals surface area contributed by atoms with Crippen LogP contribution in [-0.2, 0) is 11.3 Å². The molecule has 2 rings (SSSR count). The first kappa shape index (κ1) is 9.49. The number of hydrogen-bond donors (Lipinski definition) is 1. The molecule has 1 aromatic rings. The number of methoxy groups -OCH3 is 1. The molecule has 0 bridgehead atoms. The molecule has 3 nitrogen and oxygen atoms in total. The Labute approximate surface area is 83.8 Å². The van der Waals surface area contributed by atoms with Crippen LogP contribution in [0, 0.1) is 0 Å². The van der Waals surface area contributed by atoms with Crippen molar-refractivity contribution in [2.45, 2.75) is 25.7 Å². The standard InChI is InChI=1S/C11H15NO2/c1-7-11(12)10-5-9(13-2)4-3-8(10)6-14-7/h3-5,7,11H,6,12H2,1-2H3/t7-,11-/m1/s1. The molecule has 1 aliphatic heterocycles. The highest BCUT2D eigenvalue weighted by molar-refractivity contribution is 5.38. The molecule has 2 N–H and O–H groups in total. The van der Waals surface area contributed by atoms with Crippen LogP contribution in [0.1, 0.15) is 24.1 Å². The lowest BCUT2D eigenvalue weighted by atomic mass is 9.95. The van der Waals surface area contributed by atoms with Gasteiger partial charge in [-0.25, -0.2) is 0 Å². The highest BCUT2D eigenvalue weighted by Crippen LogP contribution is 2.30. The van der Waals surface area contributed by atoms with Crippen LogP contribution in [0.25, 0.3) is 0 Å². The molecule has 0 unspecified atom stereocenters. The fourth-order valence-corrected chi connectivity index (χ4v) is 1.72. The second-order valence-corrected chi connectivity index (χ2v) is 3.61. The van der Waals surface area contributed by atoms with Crippen molar-refractivity contribution in [3.63, 3.8) is 0 Å². The number of rotatable bonds is 1. The molecular formula is C11H15NO2. The van der Waals surface area contributed by atoms with Crippen molar-refractivity contribution in [3.05, 3.63) is 29.3 Å². The van der Waals surface area contributed by atoms with E-state index in [1.807, 2.05) is 25.1 Å². The van der Waals surface area contributed by atoms with E-state index in [9.17, 15) is 0 Å². The normalized spacial score (nSPS) is 25.6. The summed E-state index contributed by atoms with van der Waals surface area (Å²) in [6.45, 7) is 2.64. The Morgan fingerprint density at radius 1 is 1.50 bits per heavy atom. The van der Waals surface area contributed by atoms with Gasteiger partial charge in [-0.05, 0) is 30.2 Å². The van der Waals surface area contributed by atoms with E-state index in [0.717, 1.165) is 16.9 Å². The van der Waals surface area contributed by atoms with E-state index >= 15 is 0 Å². The van der Waals surface area contributed by atoms with Gasteiger partial charge >= 0.3 is 0 Å². The maximum absolute atomic E-state index is 6.03. The summed E-state index contributed by atoms with van der Waals surface area (Å²) in [4.78, 5) is 0. The molecule has 0 aromatic heterocycles. The van der Waals surface area contributed by atoms with Gasteiger partial charge in [-0.1, -0.05) is 6.07 Å². The first-order valence-electron chi connectivity index (χ1n) is 4.76. The summed E-state index contributed by atoms with van der Waals surface area (Å²) in [6, 6.07) is 5.90. The van der Waals surface area contributed by atoms with Gasteiger partial charge < -0.3 is 15.2 Å². The van der Waals surface area contributed by atoms with Crippen molar-refractivity contribution < 1.29 is 9.47 Å². The molecule has 76 valence electrons. The highest BCUT2D eigenvalue weighted by atomic mass is 16.5. The maximum Gasteiger partial charge on any atom is 0.119 e. The summed E-state index contributed by atoms with van der Waals surface area (Å²) < 4.78 is 10.7. The average Bonchev–Trinajstić information content (AvgIpc) is 2.23. The van der Waals surface area contributed by atoms with E-state index in [1.165, 1.54) is 0 Å². The summed E-state index contributed by atoms with van der Waals surface area (Å²) in [5.41, 5.74) is 8.34. The lowest BCUT2D eigenvalue weighted by molar-refractivity contribution is 0.0213. The number of benzene rings is 1. The van der Waals surface area contributed by atoms with Crippen molar-refractivity contribution in [3.8, 4) is 5.75 Å². The van der Waals surface area contributed by atoms with Crippen LogP contribution in [-0.4, -0.2) is 13.2 Å². The number of ether oxygens (including phenoxy) is 2. The molecule has 0 amide bonds. The Hall–Kier alpha value is -1.06. The Balaban J connectivity index is 2.41. The molecular weight excluding hydrogens is 178 g/mol. The minimum absolute atomic E-state index is 0.0474. The van der Waals surface area contributed by atoms with Crippen LogP contribution in [0.4, 0.5) is 0 Å². The van der Waals surface area contributed by atoms with E-state index in [4.69, 9.17) is 15.2 Å². The third-order valence-corrected chi connectivity index (χ3v) is 2.72. The van der Waals surface area contributed by atoms with Gasteiger partial charge in [0.25, 0.3) is 0 Å². The second kappa shape index (κ2) is 3.59. The third-order valence-electron chi connectivity index (χ3n) is 2.72. The van der Waals surface area contributed by atoms with E-state index in [0.29, 0.717) is 6.61 Å². The van der Waals surface area contributed by atoms with Crippen LogP contribution in [0.5, 0.6) is 5.75 Å². The van der Waals surface area contributed by atoms with Crippen molar-refractivity contribution >= 4 is 0 Å². The van der Waals surface area contributed by atoms with Crippen molar-refractivity contribution in [2.75, 3.05) is 7.11 Å². The first-order chi connectivity index (χ1) is 6.72. The zero-order chi connectivity index (χ0) is 10.1. The SMILES string of the molecule is COc1ccc2c(c1)[C@H](N)[C@@H](C)OC2. The molecule has 0 fully saturated rings. The third kappa shape index (κ3) is 1.49. The minimum atomic E-state index is -0.0474. The van der Waals surface area contributed by atoms with Gasteiger partial charge in [0.05, 0.1) is 25.9 Å². The van der Waals surface area contributed by atoms with Crippen LogP contribution < -0.4 is 10.5 Å². The first-order valence-corrected chi connectivity index (χ1v) is 4.76. The quantitative estimate of drug-likeness (QED) is 0.737. The minimum Gasteiger partial charge on any atom is -0.497 e. The van der Waals surface area contributed by atoms with Gasteiger partial charge in [0.2, 0.25) is 0 Å². The molecule has 14 heavy (non-hydrogen) atoms. The molecule has 0 saturated heterocycles. The topological polar surface area (TPSA) is 44.5 Å². The Bertz CT molecular complexity index is 338. The van der Waals surface area contributed by atoms with Gasteiger partial charge in [0.15, 0.2) is 0 Å². The van der Waals surface area contributed by atoms with E-state index in [2.05, 4.69) is 0 Å². The summed E-state index contributed by atoms with van der Waals surface area (Å²) in [5, 5.41) is 0. The second-order valence-electron chi connectivity index (χ2n) is 3.61. The zero-order valence-corrected chi connectivity index (χ0v) is 8.49. The average molecular weight is 193 g/mol. The number of fused-ring (bicyclic) bond motifs is 1. The Morgan fingerprint density at radius 3 is 3.00 bits per heavy atom. The fraction of sp³-hybridized carbons (Fsp3) is 0.455. The molecule has 1 aliphatic rings. The summed E-state index contributed by atoms with van der Waals surface area (Å²) in [7, 11) is 1.66. The Kier molecular flexibility index (Phi) is 2.44. The lowest BCUT2D eigenvalue weighted by Gasteiger charge is -2.29. The molecule has 1 heterocycles. The smallest absolute Gasteiger partial charge is 0.119 e.